The van der Waals surface area contributed by atoms with Crippen molar-refractivity contribution < 1.29 is 9.90 Å². The van der Waals surface area contributed by atoms with Gasteiger partial charge in [-0.2, -0.15) is 0 Å². The van der Waals surface area contributed by atoms with Crippen LogP contribution in [0.2, 0.25) is 0 Å². The molecule has 1 aromatic rings. The number of hydrogen-bond donors (Lipinski definition) is 2. The monoisotopic (exact) mass is 296 g/mol. The molecule has 110 valence electrons. The van der Waals surface area contributed by atoms with Gasteiger partial charge in [0.2, 0.25) is 5.91 Å². The van der Waals surface area contributed by atoms with Crippen LogP contribution in [0, 0.1) is 5.92 Å². The van der Waals surface area contributed by atoms with Gasteiger partial charge in [-0.1, -0.05) is 6.07 Å². The quantitative estimate of drug-likeness (QED) is 0.829. The predicted molar refractivity (Wildman–Crippen MR) is 80.1 cm³/mol. The minimum absolute atomic E-state index is 0. The van der Waals surface area contributed by atoms with Crippen molar-refractivity contribution >= 4 is 18.3 Å². The molecule has 1 amide bonds. The maximum Gasteiger partial charge on any atom is 0.227 e. The highest BCUT2D eigenvalue weighted by molar-refractivity contribution is 5.85. The zero-order valence-corrected chi connectivity index (χ0v) is 12.3. The molecule has 0 aromatic heterocycles. The van der Waals surface area contributed by atoms with Crippen LogP contribution in [0.15, 0.2) is 18.2 Å². The highest BCUT2D eigenvalue weighted by Crippen LogP contribution is 2.25. The van der Waals surface area contributed by atoms with Crippen LogP contribution in [-0.2, 0) is 17.8 Å². The van der Waals surface area contributed by atoms with Gasteiger partial charge >= 0.3 is 0 Å². The number of aromatic hydroxyl groups is 1. The molecule has 1 fully saturated rings. The molecule has 1 saturated heterocycles. The van der Waals surface area contributed by atoms with E-state index in [-0.39, 0.29) is 30.0 Å². The second-order valence-corrected chi connectivity index (χ2v) is 5.51. The SMILES string of the molecule is Cl.O=C(C1CCCNC1)N1CCc2ccc(O)cc2C1. The van der Waals surface area contributed by atoms with Gasteiger partial charge in [0.15, 0.2) is 0 Å². The number of amides is 1. The largest absolute Gasteiger partial charge is 0.508 e. The summed E-state index contributed by atoms with van der Waals surface area (Å²) in [6, 6.07) is 5.48. The number of fused-ring (bicyclic) bond motifs is 1. The number of piperidine rings is 1. The molecule has 0 radical (unpaired) electrons. The van der Waals surface area contributed by atoms with E-state index >= 15 is 0 Å². The molecule has 2 heterocycles. The maximum atomic E-state index is 12.5. The Labute approximate surface area is 125 Å². The molecule has 1 aromatic carbocycles. The number of carbonyl (C=O) groups is 1. The third-order valence-electron chi connectivity index (χ3n) is 4.16. The Morgan fingerprint density at radius 2 is 2.20 bits per heavy atom. The summed E-state index contributed by atoms with van der Waals surface area (Å²) in [4.78, 5) is 14.4. The summed E-state index contributed by atoms with van der Waals surface area (Å²) >= 11 is 0. The number of benzene rings is 1. The zero-order chi connectivity index (χ0) is 13.2. The first-order chi connectivity index (χ1) is 9.24. The van der Waals surface area contributed by atoms with Gasteiger partial charge in [0.1, 0.15) is 5.75 Å². The lowest BCUT2D eigenvalue weighted by atomic mass is 9.95. The second-order valence-electron chi connectivity index (χ2n) is 5.51. The highest BCUT2D eigenvalue weighted by Gasteiger charge is 2.28. The van der Waals surface area contributed by atoms with Crippen LogP contribution in [-0.4, -0.2) is 35.5 Å². The number of rotatable bonds is 1. The predicted octanol–water partition coefficient (Wildman–Crippen LogP) is 1.70. The maximum absolute atomic E-state index is 12.5. The fourth-order valence-corrected chi connectivity index (χ4v) is 3.05. The van der Waals surface area contributed by atoms with Gasteiger partial charge in [-0.05, 0) is 49.1 Å². The van der Waals surface area contributed by atoms with E-state index in [2.05, 4.69) is 5.32 Å². The third-order valence-corrected chi connectivity index (χ3v) is 4.16. The number of nitrogens with one attached hydrogen (secondary N) is 1. The van der Waals surface area contributed by atoms with Crippen molar-refractivity contribution in [2.45, 2.75) is 25.8 Å². The van der Waals surface area contributed by atoms with E-state index < -0.39 is 0 Å². The van der Waals surface area contributed by atoms with Gasteiger partial charge in [-0.3, -0.25) is 4.79 Å². The number of carbonyl (C=O) groups excluding carboxylic acids is 1. The fraction of sp³-hybridized carbons (Fsp3) is 0.533. The van der Waals surface area contributed by atoms with Crippen LogP contribution in [0.4, 0.5) is 0 Å². The van der Waals surface area contributed by atoms with Crippen molar-refractivity contribution in [3.63, 3.8) is 0 Å². The first kappa shape index (κ1) is 15.1. The molecule has 0 spiro atoms. The van der Waals surface area contributed by atoms with E-state index in [4.69, 9.17) is 0 Å². The number of hydrogen-bond acceptors (Lipinski definition) is 3. The van der Waals surface area contributed by atoms with Crippen molar-refractivity contribution in [3.8, 4) is 5.75 Å². The fourth-order valence-electron chi connectivity index (χ4n) is 3.05. The van der Waals surface area contributed by atoms with E-state index in [1.54, 1.807) is 12.1 Å². The number of phenolic OH excluding ortho intramolecular Hbond substituents is 1. The van der Waals surface area contributed by atoms with Gasteiger partial charge in [0, 0.05) is 19.6 Å². The van der Waals surface area contributed by atoms with Crippen molar-refractivity contribution in [3.05, 3.63) is 29.3 Å². The Kier molecular flexibility index (Phi) is 4.89. The number of phenols is 1. The lowest BCUT2D eigenvalue weighted by Crippen LogP contribution is -2.44. The van der Waals surface area contributed by atoms with Gasteiger partial charge in [-0.15, -0.1) is 12.4 Å². The summed E-state index contributed by atoms with van der Waals surface area (Å²) in [5.41, 5.74) is 2.34. The average molecular weight is 297 g/mol. The molecule has 3 rings (SSSR count). The van der Waals surface area contributed by atoms with E-state index in [1.807, 2.05) is 11.0 Å². The summed E-state index contributed by atoms with van der Waals surface area (Å²) in [5, 5.41) is 12.8. The lowest BCUT2D eigenvalue weighted by molar-refractivity contribution is -0.137. The summed E-state index contributed by atoms with van der Waals surface area (Å²) < 4.78 is 0. The Morgan fingerprint density at radius 1 is 1.35 bits per heavy atom. The van der Waals surface area contributed by atoms with Crippen LogP contribution in [0.25, 0.3) is 0 Å². The van der Waals surface area contributed by atoms with Gasteiger partial charge in [0.25, 0.3) is 0 Å². The highest BCUT2D eigenvalue weighted by atomic mass is 35.5. The topological polar surface area (TPSA) is 52.6 Å². The molecule has 2 N–H and O–H groups in total. The summed E-state index contributed by atoms with van der Waals surface area (Å²) in [6.07, 6.45) is 2.97. The van der Waals surface area contributed by atoms with E-state index in [1.165, 1.54) is 5.56 Å². The van der Waals surface area contributed by atoms with Crippen LogP contribution in [0.3, 0.4) is 0 Å². The zero-order valence-electron chi connectivity index (χ0n) is 11.5. The Balaban J connectivity index is 0.00000147. The Bertz CT molecular complexity index is 487. The van der Waals surface area contributed by atoms with E-state index in [0.717, 1.165) is 44.5 Å². The first-order valence-electron chi connectivity index (χ1n) is 7.04. The second kappa shape index (κ2) is 6.46. The first-order valence-corrected chi connectivity index (χ1v) is 7.04. The number of halogens is 1. The van der Waals surface area contributed by atoms with E-state index in [0.29, 0.717) is 6.54 Å². The Morgan fingerprint density at radius 3 is 2.95 bits per heavy atom. The summed E-state index contributed by atoms with van der Waals surface area (Å²) in [5.74, 6) is 0.682. The molecule has 1 unspecified atom stereocenters. The smallest absolute Gasteiger partial charge is 0.227 e. The molecule has 4 nitrogen and oxygen atoms in total. The van der Waals surface area contributed by atoms with Crippen molar-refractivity contribution in [2.24, 2.45) is 5.92 Å². The van der Waals surface area contributed by atoms with Crippen LogP contribution < -0.4 is 5.32 Å². The third kappa shape index (κ3) is 3.07. The lowest BCUT2D eigenvalue weighted by Gasteiger charge is -2.33. The minimum atomic E-state index is 0. The standard InChI is InChI=1S/C15H20N2O2.ClH/c18-14-4-3-11-5-7-17(10-13(11)8-14)15(19)12-2-1-6-16-9-12;/h3-4,8,12,16,18H,1-2,5-7,9-10H2;1H. The van der Waals surface area contributed by atoms with Crippen LogP contribution >= 0.6 is 12.4 Å². The molecule has 0 saturated carbocycles. The molecular weight excluding hydrogens is 276 g/mol. The van der Waals surface area contributed by atoms with Gasteiger partial charge in [0.05, 0.1) is 5.92 Å². The molecule has 2 aliphatic rings. The molecule has 0 aliphatic carbocycles. The van der Waals surface area contributed by atoms with Gasteiger partial charge < -0.3 is 15.3 Å². The molecule has 5 heteroatoms. The molecule has 2 aliphatic heterocycles. The summed E-state index contributed by atoms with van der Waals surface area (Å²) in [6.45, 7) is 3.27. The van der Waals surface area contributed by atoms with Crippen LogP contribution in [0.1, 0.15) is 24.0 Å². The minimum Gasteiger partial charge on any atom is -0.508 e. The molecule has 20 heavy (non-hydrogen) atoms. The van der Waals surface area contributed by atoms with Crippen molar-refractivity contribution in [1.29, 1.82) is 0 Å². The molecule has 0 bridgehead atoms. The molecular formula is C15H21ClN2O2. The van der Waals surface area contributed by atoms with Gasteiger partial charge in [-0.25, -0.2) is 0 Å². The Hall–Kier alpha value is -1.26. The normalized spacial score (nSPS) is 21.8. The summed E-state index contributed by atoms with van der Waals surface area (Å²) in [7, 11) is 0. The van der Waals surface area contributed by atoms with Crippen LogP contribution in [0.5, 0.6) is 5.75 Å². The van der Waals surface area contributed by atoms with Crippen molar-refractivity contribution in [2.75, 3.05) is 19.6 Å². The van der Waals surface area contributed by atoms with Crippen molar-refractivity contribution in [1.82, 2.24) is 10.2 Å². The number of nitrogens with zero attached hydrogens (tertiary/aromatic N) is 1. The average Bonchev–Trinajstić information content (AvgIpc) is 2.46. The van der Waals surface area contributed by atoms with E-state index in [9.17, 15) is 9.90 Å². The molecule has 1 atom stereocenters.